The lowest BCUT2D eigenvalue weighted by molar-refractivity contribution is 0.0696. The van der Waals surface area contributed by atoms with Gasteiger partial charge in [-0.1, -0.05) is 12.1 Å². The molecule has 0 amide bonds. The van der Waals surface area contributed by atoms with Crippen LogP contribution >= 0.6 is 0 Å². The van der Waals surface area contributed by atoms with Gasteiger partial charge in [0.1, 0.15) is 6.29 Å². The fraction of sp³-hybridized carbons (Fsp3) is 0.200. The maximum absolute atomic E-state index is 10.3. The minimum atomic E-state index is -0.984. The molecule has 0 aromatic heterocycles. The van der Waals surface area contributed by atoms with Crippen molar-refractivity contribution < 1.29 is 24.9 Å². The van der Waals surface area contributed by atoms with Crippen molar-refractivity contribution in [3.8, 4) is 0 Å². The van der Waals surface area contributed by atoms with E-state index in [9.17, 15) is 9.59 Å². The lowest BCUT2D eigenvalue weighted by Gasteiger charge is -1.92. The van der Waals surface area contributed by atoms with E-state index in [-0.39, 0.29) is 18.8 Å². The summed E-state index contributed by atoms with van der Waals surface area (Å²) in [5, 5.41) is 23.7. The second kappa shape index (κ2) is 7.66. The minimum absolute atomic E-state index is 0.125. The summed E-state index contributed by atoms with van der Waals surface area (Å²) in [6.45, 7) is -0.250. The van der Waals surface area contributed by atoms with Gasteiger partial charge in [-0.2, -0.15) is 0 Å². The van der Waals surface area contributed by atoms with Gasteiger partial charge in [-0.05, 0) is 12.1 Å². The SMILES string of the molecule is O=Cc1ccc(C(=O)O)cc1.OCCO. The summed E-state index contributed by atoms with van der Waals surface area (Å²) in [7, 11) is 0. The third-order valence-corrected chi connectivity index (χ3v) is 1.39. The molecule has 15 heavy (non-hydrogen) atoms. The Hall–Kier alpha value is -1.72. The summed E-state index contributed by atoms with van der Waals surface area (Å²) in [5.41, 5.74) is 0.672. The van der Waals surface area contributed by atoms with E-state index in [1.165, 1.54) is 24.3 Å². The van der Waals surface area contributed by atoms with Gasteiger partial charge < -0.3 is 15.3 Å². The number of benzene rings is 1. The quantitative estimate of drug-likeness (QED) is 0.621. The number of aldehydes is 1. The van der Waals surface area contributed by atoms with Gasteiger partial charge in [0, 0.05) is 5.56 Å². The molecule has 5 nitrogen and oxygen atoms in total. The molecule has 0 atom stereocenters. The molecule has 1 rings (SSSR count). The van der Waals surface area contributed by atoms with Gasteiger partial charge in [0.15, 0.2) is 0 Å². The molecular formula is C10H12O5. The highest BCUT2D eigenvalue weighted by molar-refractivity contribution is 5.88. The number of carbonyl (C=O) groups excluding carboxylic acids is 1. The van der Waals surface area contributed by atoms with Gasteiger partial charge >= 0.3 is 5.97 Å². The molecule has 0 saturated carbocycles. The molecule has 1 aromatic rings. The average Bonchev–Trinajstić information content (AvgIpc) is 2.29. The molecule has 0 radical (unpaired) electrons. The van der Waals surface area contributed by atoms with Crippen LogP contribution in [-0.4, -0.2) is 40.8 Å². The van der Waals surface area contributed by atoms with Gasteiger partial charge in [-0.3, -0.25) is 4.79 Å². The van der Waals surface area contributed by atoms with Crippen molar-refractivity contribution in [3.05, 3.63) is 35.4 Å². The molecular weight excluding hydrogens is 200 g/mol. The van der Waals surface area contributed by atoms with Gasteiger partial charge in [-0.15, -0.1) is 0 Å². The summed E-state index contributed by atoms with van der Waals surface area (Å²) in [6, 6.07) is 5.73. The number of aliphatic hydroxyl groups excluding tert-OH is 2. The van der Waals surface area contributed by atoms with Gasteiger partial charge in [0.05, 0.1) is 18.8 Å². The van der Waals surface area contributed by atoms with Crippen molar-refractivity contribution in [3.63, 3.8) is 0 Å². The summed E-state index contributed by atoms with van der Waals surface area (Å²) >= 11 is 0. The number of hydrogen-bond donors (Lipinski definition) is 3. The average molecular weight is 212 g/mol. The Morgan fingerprint density at radius 1 is 1.13 bits per heavy atom. The van der Waals surface area contributed by atoms with Crippen LogP contribution < -0.4 is 0 Å². The molecule has 0 bridgehead atoms. The molecule has 0 aliphatic rings. The third kappa shape index (κ3) is 5.56. The van der Waals surface area contributed by atoms with E-state index in [1.54, 1.807) is 0 Å². The van der Waals surface area contributed by atoms with Crippen molar-refractivity contribution in [1.82, 2.24) is 0 Å². The van der Waals surface area contributed by atoms with Gasteiger partial charge in [-0.25, -0.2) is 4.79 Å². The first-order chi connectivity index (χ1) is 7.15. The summed E-state index contributed by atoms with van der Waals surface area (Å²) in [4.78, 5) is 20.5. The zero-order valence-electron chi connectivity index (χ0n) is 7.96. The number of carboxylic acid groups (broad SMARTS) is 1. The highest BCUT2D eigenvalue weighted by Gasteiger charge is 1.99. The molecule has 0 unspecified atom stereocenters. The zero-order valence-corrected chi connectivity index (χ0v) is 7.96. The third-order valence-electron chi connectivity index (χ3n) is 1.39. The maximum Gasteiger partial charge on any atom is 0.335 e. The van der Waals surface area contributed by atoms with E-state index in [2.05, 4.69) is 0 Å². The topological polar surface area (TPSA) is 94.8 Å². The van der Waals surface area contributed by atoms with E-state index in [0.717, 1.165) is 0 Å². The fourth-order valence-electron chi connectivity index (χ4n) is 0.704. The number of aromatic carboxylic acids is 1. The van der Waals surface area contributed by atoms with Crippen molar-refractivity contribution >= 4 is 12.3 Å². The van der Waals surface area contributed by atoms with E-state index < -0.39 is 5.97 Å². The Kier molecular flexibility index (Phi) is 6.78. The Labute approximate surface area is 86.6 Å². The van der Waals surface area contributed by atoms with Gasteiger partial charge in [0.2, 0.25) is 0 Å². The van der Waals surface area contributed by atoms with Crippen molar-refractivity contribution in [2.45, 2.75) is 0 Å². The molecule has 5 heteroatoms. The standard InChI is InChI=1S/C8H6O3.C2H6O2/c9-5-6-1-3-7(4-2-6)8(10)11;3-1-2-4/h1-5H,(H,10,11);3-4H,1-2H2. The summed E-state index contributed by atoms with van der Waals surface area (Å²) < 4.78 is 0. The van der Waals surface area contributed by atoms with Crippen LogP contribution in [0.1, 0.15) is 20.7 Å². The van der Waals surface area contributed by atoms with Crippen molar-refractivity contribution in [1.29, 1.82) is 0 Å². The number of hydrogen-bond acceptors (Lipinski definition) is 4. The predicted molar refractivity (Wildman–Crippen MR) is 53.0 cm³/mol. The molecule has 1 aromatic carbocycles. The normalized spacial score (nSPS) is 8.67. The molecule has 0 spiro atoms. The number of carbonyl (C=O) groups is 2. The summed E-state index contributed by atoms with van der Waals surface area (Å²) in [5.74, 6) is -0.984. The second-order valence-corrected chi connectivity index (χ2v) is 2.49. The van der Waals surface area contributed by atoms with E-state index in [4.69, 9.17) is 15.3 Å². The van der Waals surface area contributed by atoms with Gasteiger partial charge in [0.25, 0.3) is 0 Å². The van der Waals surface area contributed by atoms with E-state index >= 15 is 0 Å². The monoisotopic (exact) mass is 212 g/mol. The summed E-state index contributed by atoms with van der Waals surface area (Å²) in [6.07, 6.45) is 0.672. The van der Waals surface area contributed by atoms with Crippen molar-refractivity contribution in [2.75, 3.05) is 13.2 Å². The molecule has 0 aliphatic heterocycles. The molecule has 0 saturated heterocycles. The highest BCUT2D eigenvalue weighted by atomic mass is 16.4. The zero-order chi connectivity index (χ0) is 11.7. The molecule has 3 N–H and O–H groups in total. The smallest absolute Gasteiger partial charge is 0.335 e. The molecule has 0 aliphatic carbocycles. The van der Waals surface area contributed by atoms with Crippen LogP contribution in [-0.2, 0) is 0 Å². The fourth-order valence-corrected chi connectivity index (χ4v) is 0.704. The number of carboxylic acids is 1. The maximum atomic E-state index is 10.3. The van der Waals surface area contributed by atoms with Crippen LogP contribution in [0.5, 0.6) is 0 Å². The molecule has 0 fully saturated rings. The molecule has 82 valence electrons. The lowest BCUT2D eigenvalue weighted by Crippen LogP contribution is -1.95. The van der Waals surface area contributed by atoms with Crippen molar-refractivity contribution in [2.24, 2.45) is 0 Å². The number of rotatable bonds is 3. The van der Waals surface area contributed by atoms with Crippen LogP contribution in [0.25, 0.3) is 0 Å². The Morgan fingerprint density at radius 3 is 1.87 bits per heavy atom. The van der Waals surface area contributed by atoms with Crippen LogP contribution in [0.2, 0.25) is 0 Å². The van der Waals surface area contributed by atoms with Crippen LogP contribution in [0.15, 0.2) is 24.3 Å². The second-order valence-electron chi connectivity index (χ2n) is 2.49. The first-order valence-corrected chi connectivity index (χ1v) is 4.16. The van der Waals surface area contributed by atoms with Crippen LogP contribution in [0, 0.1) is 0 Å². The lowest BCUT2D eigenvalue weighted by atomic mass is 10.1. The Balaban J connectivity index is 0.000000423. The first-order valence-electron chi connectivity index (χ1n) is 4.16. The minimum Gasteiger partial charge on any atom is -0.478 e. The Bertz CT molecular complexity index is 302. The number of aliphatic hydroxyl groups is 2. The first kappa shape index (κ1) is 13.3. The Morgan fingerprint density at radius 2 is 1.60 bits per heavy atom. The predicted octanol–water partition coefficient (Wildman–Crippen LogP) is 0.168. The van der Waals surface area contributed by atoms with E-state index in [1.807, 2.05) is 0 Å². The van der Waals surface area contributed by atoms with Crippen LogP contribution in [0.3, 0.4) is 0 Å². The molecule has 0 heterocycles. The van der Waals surface area contributed by atoms with Crippen LogP contribution in [0.4, 0.5) is 0 Å². The highest BCUT2D eigenvalue weighted by Crippen LogP contribution is 2.01. The largest absolute Gasteiger partial charge is 0.478 e. The van der Waals surface area contributed by atoms with E-state index in [0.29, 0.717) is 11.8 Å².